The standard InChI is InChI=1S/C29H29ClN2O6/c1-36-24-7-3-5-20(29(24)37-2)28-21-16-19(30)8-9-22(21)32-12-4-6-23(32)25(38-28)17-26(33)31-13-10-18(11-14-31)15-27(34)35/h3-10,12,16,25,28H,11,13-15,17H2,1-2H3,(H,34,35)/t25-,28-/m0/s1. The number of carboxylic acid groups (broad SMARTS) is 1. The summed E-state index contributed by atoms with van der Waals surface area (Å²) in [5, 5.41) is 9.64. The van der Waals surface area contributed by atoms with E-state index in [9.17, 15) is 9.59 Å². The molecule has 198 valence electrons. The SMILES string of the molecule is COc1cccc([C@@H]2O[C@@H](CC(=O)N3CC=C(CC(=O)O)CC3)c3cccn3-c3ccc(Cl)cc32)c1OC. The van der Waals surface area contributed by atoms with E-state index in [1.165, 1.54) is 0 Å². The van der Waals surface area contributed by atoms with Crippen LogP contribution in [0.5, 0.6) is 11.5 Å². The van der Waals surface area contributed by atoms with Crippen molar-refractivity contribution in [1.29, 1.82) is 0 Å². The summed E-state index contributed by atoms with van der Waals surface area (Å²) in [7, 11) is 3.17. The second-order valence-electron chi connectivity index (χ2n) is 9.32. The van der Waals surface area contributed by atoms with Crippen LogP contribution in [0, 0.1) is 0 Å². The number of amides is 1. The molecule has 0 unspecified atom stereocenters. The maximum absolute atomic E-state index is 13.5. The van der Waals surface area contributed by atoms with Crippen LogP contribution in [0.15, 0.2) is 66.4 Å². The molecule has 9 heteroatoms. The second kappa shape index (κ2) is 10.9. The van der Waals surface area contributed by atoms with E-state index in [2.05, 4.69) is 0 Å². The van der Waals surface area contributed by atoms with Gasteiger partial charge in [0.15, 0.2) is 11.5 Å². The molecule has 0 fully saturated rings. The predicted molar refractivity (Wildman–Crippen MR) is 142 cm³/mol. The van der Waals surface area contributed by atoms with Crippen LogP contribution in [0.2, 0.25) is 5.02 Å². The summed E-state index contributed by atoms with van der Waals surface area (Å²) in [5.41, 5.74) is 4.20. The van der Waals surface area contributed by atoms with E-state index >= 15 is 0 Å². The van der Waals surface area contributed by atoms with Gasteiger partial charge < -0.3 is 28.8 Å². The quantitative estimate of drug-likeness (QED) is 0.410. The molecule has 0 saturated heterocycles. The zero-order valence-electron chi connectivity index (χ0n) is 21.2. The number of hydrogen-bond acceptors (Lipinski definition) is 5. The normalized spacial score (nSPS) is 18.6. The number of hydrogen-bond donors (Lipinski definition) is 1. The van der Waals surface area contributed by atoms with Gasteiger partial charge in [0.25, 0.3) is 0 Å². The summed E-state index contributed by atoms with van der Waals surface area (Å²) in [4.78, 5) is 26.3. The first-order chi connectivity index (χ1) is 18.4. The zero-order valence-corrected chi connectivity index (χ0v) is 22.0. The van der Waals surface area contributed by atoms with Gasteiger partial charge in [-0.1, -0.05) is 35.4 Å². The minimum Gasteiger partial charge on any atom is -0.493 e. The highest BCUT2D eigenvalue weighted by Gasteiger charge is 2.34. The molecule has 1 N–H and O–H groups in total. The van der Waals surface area contributed by atoms with Gasteiger partial charge in [-0.15, -0.1) is 0 Å². The topological polar surface area (TPSA) is 90.2 Å². The molecule has 3 heterocycles. The van der Waals surface area contributed by atoms with Crippen molar-refractivity contribution in [2.45, 2.75) is 31.5 Å². The van der Waals surface area contributed by atoms with Crippen LogP contribution in [0.3, 0.4) is 0 Å². The smallest absolute Gasteiger partial charge is 0.307 e. The Morgan fingerprint density at radius 1 is 1.11 bits per heavy atom. The second-order valence-corrected chi connectivity index (χ2v) is 9.76. The molecule has 0 spiro atoms. The van der Waals surface area contributed by atoms with Crippen LogP contribution in [-0.2, 0) is 14.3 Å². The van der Waals surface area contributed by atoms with Gasteiger partial charge in [-0.05, 0) is 42.8 Å². The van der Waals surface area contributed by atoms with Crippen LogP contribution in [0.25, 0.3) is 5.69 Å². The number of aliphatic carboxylic acids is 1. The molecular weight excluding hydrogens is 508 g/mol. The van der Waals surface area contributed by atoms with E-state index < -0.39 is 18.2 Å². The Labute approximate surface area is 226 Å². The van der Waals surface area contributed by atoms with Crippen LogP contribution >= 0.6 is 11.6 Å². The number of methoxy groups -OCH3 is 2. The summed E-state index contributed by atoms with van der Waals surface area (Å²) in [6.45, 7) is 0.868. The van der Waals surface area contributed by atoms with Crippen molar-refractivity contribution in [3.05, 3.63) is 88.2 Å². The lowest BCUT2D eigenvalue weighted by molar-refractivity contribution is -0.136. The fraction of sp³-hybridized carbons (Fsp3) is 0.310. The number of halogens is 1. The molecule has 0 bridgehead atoms. The Hall–Kier alpha value is -3.75. The molecule has 0 aliphatic carbocycles. The molecule has 1 aromatic heterocycles. The van der Waals surface area contributed by atoms with Crippen molar-refractivity contribution in [3.63, 3.8) is 0 Å². The van der Waals surface area contributed by atoms with Gasteiger partial charge >= 0.3 is 5.97 Å². The van der Waals surface area contributed by atoms with E-state index in [-0.39, 0.29) is 18.7 Å². The van der Waals surface area contributed by atoms with Crippen LogP contribution in [0.1, 0.15) is 48.3 Å². The third kappa shape index (κ3) is 5.01. The number of aromatic nitrogens is 1. The zero-order chi connectivity index (χ0) is 26.8. The maximum Gasteiger partial charge on any atom is 0.307 e. The molecule has 0 saturated carbocycles. The van der Waals surface area contributed by atoms with Crippen molar-refractivity contribution in [3.8, 4) is 17.2 Å². The summed E-state index contributed by atoms with van der Waals surface area (Å²) in [6, 6.07) is 15.2. The highest BCUT2D eigenvalue weighted by Crippen LogP contribution is 2.46. The molecule has 8 nitrogen and oxygen atoms in total. The van der Waals surface area contributed by atoms with Crippen molar-refractivity contribution in [2.75, 3.05) is 27.3 Å². The molecular formula is C29H29ClN2O6. The van der Waals surface area contributed by atoms with Gasteiger partial charge in [0.2, 0.25) is 5.91 Å². The van der Waals surface area contributed by atoms with Crippen molar-refractivity contribution in [2.24, 2.45) is 0 Å². The lowest BCUT2D eigenvalue weighted by Gasteiger charge is -2.29. The Bertz CT molecular complexity index is 1400. The van der Waals surface area contributed by atoms with Gasteiger partial charge in [-0.2, -0.15) is 0 Å². The predicted octanol–water partition coefficient (Wildman–Crippen LogP) is 5.33. The minimum absolute atomic E-state index is 0.00610. The van der Waals surface area contributed by atoms with Crippen molar-refractivity contribution in [1.82, 2.24) is 9.47 Å². The number of benzene rings is 2. The molecule has 2 atom stereocenters. The van der Waals surface area contributed by atoms with Crippen LogP contribution < -0.4 is 9.47 Å². The Kier molecular flexibility index (Phi) is 7.44. The van der Waals surface area contributed by atoms with Crippen LogP contribution in [0.4, 0.5) is 0 Å². The van der Waals surface area contributed by atoms with Gasteiger partial charge in [0.05, 0.1) is 38.4 Å². The first-order valence-corrected chi connectivity index (χ1v) is 12.8. The fourth-order valence-corrected chi connectivity index (χ4v) is 5.41. The van der Waals surface area contributed by atoms with Gasteiger partial charge in [-0.25, -0.2) is 0 Å². The largest absolute Gasteiger partial charge is 0.493 e. The number of carboxylic acids is 1. The molecule has 2 aromatic carbocycles. The number of ether oxygens (including phenoxy) is 3. The van der Waals surface area contributed by atoms with Crippen LogP contribution in [-0.4, -0.2) is 53.8 Å². The molecule has 0 radical (unpaired) electrons. The number of para-hydroxylation sites is 1. The summed E-state index contributed by atoms with van der Waals surface area (Å²) < 4.78 is 20.1. The average Bonchev–Trinajstić information content (AvgIpc) is 3.36. The Morgan fingerprint density at radius 2 is 1.95 bits per heavy atom. The summed E-state index contributed by atoms with van der Waals surface area (Å²) >= 11 is 6.46. The molecule has 5 rings (SSSR count). The number of rotatable bonds is 7. The van der Waals surface area contributed by atoms with Crippen molar-refractivity contribution < 1.29 is 28.9 Å². The number of carbonyl (C=O) groups excluding carboxylic acids is 1. The third-order valence-electron chi connectivity index (χ3n) is 7.05. The van der Waals surface area contributed by atoms with E-state index in [1.807, 2.05) is 65.4 Å². The molecule has 2 aliphatic heterocycles. The number of nitrogens with zero attached hydrogens (tertiary/aromatic N) is 2. The minimum atomic E-state index is -0.859. The van der Waals surface area contributed by atoms with Gasteiger partial charge in [0.1, 0.15) is 12.2 Å². The Morgan fingerprint density at radius 3 is 2.66 bits per heavy atom. The molecule has 3 aromatic rings. The lowest BCUT2D eigenvalue weighted by Crippen LogP contribution is -2.36. The first-order valence-electron chi connectivity index (χ1n) is 12.4. The lowest BCUT2D eigenvalue weighted by atomic mass is 9.98. The number of fused-ring (bicyclic) bond motifs is 3. The summed E-state index contributed by atoms with van der Waals surface area (Å²) in [5.74, 6) is 0.205. The molecule has 2 aliphatic rings. The monoisotopic (exact) mass is 536 g/mol. The van der Waals surface area contributed by atoms with E-state index in [4.69, 9.17) is 30.9 Å². The average molecular weight is 537 g/mol. The highest BCUT2D eigenvalue weighted by molar-refractivity contribution is 6.30. The third-order valence-corrected chi connectivity index (χ3v) is 7.29. The molecule has 1 amide bonds. The Balaban J connectivity index is 1.52. The van der Waals surface area contributed by atoms with E-state index in [0.717, 1.165) is 28.1 Å². The highest BCUT2D eigenvalue weighted by atomic mass is 35.5. The van der Waals surface area contributed by atoms with Gasteiger partial charge in [0, 0.05) is 35.4 Å². The number of carbonyl (C=O) groups is 2. The van der Waals surface area contributed by atoms with E-state index in [0.29, 0.717) is 36.0 Å². The van der Waals surface area contributed by atoms with E-state index in [1.54, 1.807) is 19.1 Å². The maximum atomic E-state index is 13.5. The van der Waals surface area contributed by atoms with Gasteiger partial charge in [-0.3, -0.25) is 9.59 Å². The fourth-order valence-electron chi connectivity index (χ4n) is 5.23. The first kappa shape index (κ1) is 25.9. The van der Waals surface area contributed by atoms with Crippen molar-refractivity contribution >= 4 is 23.5 Å². The molecule has 38 heavy (non-hydrogen) atoms. The summed E-state index contributed by atoms with van der Waals surface area (Å²) in [6.07, 6.45) is 3.32.